The van der Waals surface area contributed by atoms with E-state index in [0.29, 0.717) is 22.3 Å². The Labute approximate surface area is 182 Å². The predicted octanol–water partition coefficient (Wildman–Crippen LogP) is 6.67. The molecule has 2 aromatic heterocycles. The number of nitrogen functional groups attached to an aromatic ring is 1. The Hall–Kier alpha value is -2.96. The number of nitrogens with zero attached hydrogens (tertiary/aromatic N) is 1. The summed E-state index contributed by atoms with van der Waals surface area (Å²) in [5, 5.41) is 0.880. The zero-order valence-electron chi connectivity index (χ0n) is 16.1. The molecule has 0 bridgehead atoms. The van der Waals surface area contributed by atoms with Crippen LogP contribution in [-0.2, 0) is 0 Å². The number of halogens is 3. The highest BCUT2D eigenvalue weighted by Crippen LogP contribution is 2.41. The summed E-state index contributed by atoms with van der Waals surface area (Å²) in [6.07, 6.45) is 2.50. The Kier molecular flexibility index (Phi) is 5.45. The zero-order valence-corrected chi connectivity index (χ0v) is 17.6. The van der Waals surface area contributed by atoms with Crippen LogP contribution in [0.1, 0.15) is 18.6 Å². The van der Waals surface area contributed by atoms with Gasteiger partial charge >= 0.3 is 0 Å². The van der Waals surface area contributed by atoms with E-state index in [1.165, 1.54) is 12.1 Å². The molecule has 0 saturated carbocycles. The lowest BCUT2D eigenvalue weighted by Crippen LogP contribution is -2.08. The first kappa shape index (κ1) is 20.3. The maximum atomic E-state index is 13.9. The first-order chi connectivity index (χ1) is 14.4. The largest absolute Gasteiger partial charge is 0.497 e. The highest BCUT2D eigenvalue weighted by Gasteiger charge is 2.23. The number of furan rings is 1. The van der Waals surface area contributed by atoms with Gasteiger partial charge in [-0.05, 0) is 36.8 Å². The number of methoxy groups -OCH3 is 1. The van der Waals surface area contributed by atoms with Crippen molar-refractivity contribution in [1.29, 1.82) is 0 Å². The molecular weight excluding hydrogens is 430 g/mol. The van der Waals surface area contributed by atoms with Crippen LogP contribution in [0, 0.1) is 5.82 Å². The van der Waals surface area contributed by atoms with E-state index in [-0.39, 0.29) is 21.6 Å². The first-order valence-corrected chi connectivity index (χ1v) is 9.76. The third-order valence-electron chi connectivity index (χ3n) is 4.76. The maximum Gasteiger partial charge on any atom is 0.205 e. The predicted molar refractivity (Wildman–Crippen MR) is 116 cm³/mol. The van der Waals surface area contributed by atoms with Crippen molar-refractivity contribution in [1.82, 2.24) is 4.98 Å². The lowest BCUT2D eigenvalue weighted by Gasteiger charge is -2.18. The number of anilines is 1. The summed E-state index contributed by atoms with van der Waals surface area (Å²) in [7, 11) is 1.60. The Morgan fingerprint density at radius 3 is 2.77 bits per heavy atom. The number of aromatic nitrogens is 1. The van der Waals surface area contributed by atoms with Crippen LogP contribution in [0.3, 0.4) is 0 Å². The molecule has 1 atom stereocenters. The highest BCUT2D eigenvalue weighted by molar-refractivity contribution is 6.36. The van der Waals surface area contributed by atoms with Crippen LogP contribution in [0.2, 0.25) is 10.0 Å². The molecular formula is C22H17Cl2FN2O3. The minimum atomic E-state index is -0.708. The van der Waals surface area contributed by atoms with Gasteiger partial charge in [0.15, 0.2) is 11.4 Å². The summed E-state index contributed by atoms with van der Waals surface area (Å²) in [5.74, 6) is 0.481. The molecule has 0 spiro atoms. The van der Waals surface area contributed by atoms with Gasteiger partial charge in [0.25, 0.3) is 0 Å². The maximum absolute atomic E-state index is 13.9. The van der Waals surface area contributed by atoms with E-state index in [9.17, 15) is 4.39 Å². The Balaban J connectivity index is 1.78. The van der Waals surface area contributed by atoms with Crippen LogP contribution < -0.4 is 15.2 Å². The zero-order chi connectivity index (χ0) is 21.4. The summed E-state index contributed by atoms with van der Waals surface area (Å²) >= 11 is 12.3. The number of pyridine rings is 1. The van der Waals surface area contributed by atoms with Crippen molar-refractivity contribution in [3.8, 4) is 22.6 Å². The molecule has 0 radical (unpaired) electrons. The van der Waals surface area contributed by atoms with Crippen molar-refractivity contribution in [2.45, 2.75) is 13.0 Å². The van der Waals surface area contributed by atoms with Gasteiger partial charge in [-0.1, -0.05) is 35.3 Å². The van der Waals surface area contributed by atoms with E-state index in [1.807, 2.05) is 24.3 Å². The number of ether oxygens (including phenoxy) is 2. The molecule has 2 heterocycles. The summed E-state index contributed by atoms with van der Waals surface area (Å²) < 4.78 is 31.0. The molecule has 5 nitrogen and oxygen atoms in total. The van der Waals surface area contributed by atoms with Crippen LogP contribution in [0.15, 0.2) is 53.3 Å². The van der Waals surface area contributed by atoms with Gasteiger partial charge in [-0.25, -0.2) is 9.37 Å². The molecule has 8 heteroatoms. The van der Waals surface area contributed by atoms with Crippen molar-refractivity contribution in [3.63, 3.8) is 0 Å². The van der Waals surface area contributed by atoms with Gasteiger partial charge in [-0.2, -0.15) is 0 Å². The summed E-state index contributed by atoms with van der Waals surface area (Å²) in [4.78, 5) is 4.24. The van der Waals surface area contributed by atoms with Gasteiger partial charge in [-0.3, -0.25) is 0 Å². The molecule has 0 aliphatic rings. The van der Waals surface area contributed by atoms with Crippen LogP contribution in [0.25, 0.3) is 22.1 Å². The second-order valence-electron chi connectivity index (χ2n) is 6.61. The first-order valence-electron chi connectivity index (χ1n) is 9.00. The molecule has 2 aromatic carbocycles. The fraction of sp³-hybridized carbons (Fsp3) is 0.136. The Morgan fingerprint density at radius 2 is 2.00 bits per heavy atom. The number of fused-ring (bicyclic) bond motifs is 1. The van der Waals surface area contributed by atoms with Crippen LogP contribution in [-0.4, -0.2) is 12.1 Å². The molecule has 154 valence electrons. The van der Waals surface area contributed by atoms with Gasteiger partial charge < -0.3 is 19.6 Å². The average molecular weight is 447 g/mol. The number of nitrogens with two attached hydrogens (primary N) is 1. The second-order valence-corrected chi connectivity index (χ2v) is 7.40. The molecule has 4 aromatic rings. The lowest BCUT2D eigenvalue weighted by atomic mass is 10.1. The van der Waals surface area contributed by atoms with E-state index in [4.69, 9.17) is 42.8 Å². The van der Waals surface area contributed by atoms with Crippen LogP contribution in [0.4, 0.5) is 10.2 Å². The molecule has 0 saturated heterocycles. The molecule has 2 N–H and O–H groups in total. The van der Waals surface area contributed by atoms with Crippen molar-refractivity contribution in [2.75, 3.05) is 12.8 Å². The average Bonchev–Trinajstić information content (AvgIpc) is 3.17. The smallest absolute Gasteiger partial charge is 0.205 e. The molecule has 1 unspecified atom stereocenters. The molecule has 4 rings (SSSR count). The topological polar surface area (TPSA) is 70.5 Å². The second kappa shape index (κ2) is 8.05. The Bertz CT molecular complexity index is 1240. The fourth-order valence-corrected chi connectivity index (χ4v) is 3.94. The third-order valence-corrected chi connectivity index (χ3v) is 5.48. The SMILES string of the molecule is COc1cccc(-c2coc3c(OC(C)c4c(Cl)ccc(F)c4Cl)c(N)ncc23)c1. The molecule has 0 fully saturated rings. The number of benzene rings is 2. The normalized spacial score (nSPS) is 12.2. The van der Waals surface area contributed by atoms with E-state index < -0.39 is 11.9 Å². The molecule has 30 heavy (non-hydrogen) atoms. The highest BCUT2D eigenvalue weighted by atomic mass is 35.5. The van der Waals surface area contributed by atoms with E-state index in [1.54, 1.807) is 26.5 Å². The summed E-state index contributed by atoms with van der Waals surface area (Å²) in [6, 6.07) is 10.2. The van der Waals surface area contributed by atoms with E-state index >= 15 is 0 Å². The summed E-state index contributed by atoms with van der Waals surface area (Å²) in [6.45, 7) is 1.69. The number of hydrogen-bond donors (Lipinski definition) is 1. The van der Waals surface area contributed by atoms with Crippen LogP contribution >= 0.6 is 23.2 Å². The summed E-state index contributed by atoms with van der Waals surface area (Å²) in [5.41, 5.74) is 8.47. The fourth-order valence-electron chi connectivity index (χ4n) is 3.26. The molecule has 0 amide bonds. The van der Waals surface area contributed by atoms with Gasteiger partial charge in [0, 0.05) is 22.3 Å². The van der Waals surface area contributed by atoms with E-state index in [0.717, 1.165) is 11.1 Å². The van der Waals surface area contributed by atoms with Gasteiger partial charge in [0.05, 0.1) is 23.8 Å². The van der Waals surface area contributed by atoms with Crippen LogP contribution in [0.5, 0.6) is 11.5 Å². The van der Waals surface area contributed by atoms with E-state index in [2.05, 4.69) is 4.98 Å². The molecule has 0 aliphatic heterocycles. The molecule has 0 aliphatic carbocycles. The van der Waals surface area contributed by atoms with Gasteiger partial charge in [0.2, 0.25) is 5.75 Å². The van der Waals surface area contributed by atoms with Gasteiger partial charge in [-0.15, -0.1) is 0 Å². The van der Waals surface area contributed by atoms with Crippen molar-refractivity contribution < 1.29 is 18.3 Å². The quantitative estimate of drug-likeness (QED) is 0.346. The third kappa shape index (κ3) is 3.53. The number of hydrogen-bond acceptors (Lipinski definition) is 5. The van der Waals surface area contributed by atoms with Gasteiger partial charge in [0.1, 0.15) is 17.7 Å². The standard InChI is InChI=1S/C22H17Cl2FN2O3/c1-11(18-16(23)6-7-17(25)19(18)24)30-21-20-14(9-27-22(21)26)15(10-29-20)12-4-3-5-13(8-12)28-2/h3-11H,1-2H3,(H2,26,27). The number of rotatable bonds is 5. The van der Waals surface area contributed by atoms with Crippen molar-refractivity contribution in [3.05, 3.63) is 70.3 Å². The lowest BCUT2D eigenvalue weighted by molar-refractivity contribution is 0.227. The van der Waals surface area contributed by atoms with Crippen molar-refractivity contribution in [2.24, 2.45) is 0 Å². The monoisotopic (exact) mass is 446 g/mol. The minimum absolute atomic E-state index is 0.106. The van der Waals surface area contributed by atoms with Crippen molar-refractivity contribution >= 4 is 40.0 Å². The Morgan fingerprint density at radius 1 is 1.20 bits per heavy atom. The minimum Gasteiger partial charge on any atom is -0.497 e.